The van der Waals surface area contributed by atoms with E-state index in [-0.39, 0.29) is 17.9 Å². The molecule has 0 aromatic rings. The first kappa shape index (κ1) is 14.9. The van der Waals surface area contributed by atoms with E-state index in [0.29, 0.717) is 26.2 Å². The van der Waals surface area contributed by atoms with E-state index in [4.69, 9.17) is 4.74 Å². The largest absolute Gasteiger partial charge is 0.469 e. The third-order valence-corrected chi connectivity index (χ3v) is 2.82. The summed E-state index contributed by atoms with van der Waals surface area (Å²) in [6.07, 6.45) is 3.02. The summed E-state index contributed by atoms with van der Waals surface area (Å²) in [5, 5.41) is 5.95. The van der Waals surface area contributed by atoms with Crippen LogP contribution in [0.25, 0.3) is 0 Å². The molecule has 6 heteroatoms. The summed E-state index contributed by atoms with van der Waals surface area (Å²) in [6, 6.07) is -0.228. The van der Waals surface area contributed by atoms with Crippen molar-refractivity contribution in [3.63, 3.8) is 0 Å². The van der Waals surface area contributed by atoms with Crippen LogP contribution in [0.3, 0.4) is 0 Å². The quantitative estimate of drug-likeness (QED) is 0.489. The molecule has 1 saturated heterocycles. The highest BCUT2D eigenvalue weighted by molar-refractivity contribution is 5.81. The van der Waals surface area contributed by atoms with Crippen LogP contribution in [0.1, 0.15) is 25.7 Å². The molecule has 0 bridgehead atoms. The molecule has 0 aromatic carbocycles. The molecule has 0 spiro atoms. The van der Waals surface area contributed by atoms with Crippen molar-refractivity contribution in [2.24, 2.45) is 0 Å². The van der Waals surface area contributed by atoms with Crippen molar-refractivity contribution >= 4 is 11.9 Å². The molecular formula is C12H22N2O4. The Balaban J connectivity index is 1.96. The molecule has 0 aromatic heterocycles. The lowest BCUT2D eigenvalue weighted by atomic mass is 10.2. The highest BCUT2D eigenvalue weighted by Gasteiger charge is 2.20. The van der Waals surface area contributed by atoms with Gasteiger partial charge in [-0.05, 0) is 12.8 Å². The summed E-state index contributed by atoms with van der Waals surface area (Å²) in [4.78, 5) is 22.5. The van der Waals surface area contributed by atoms with Gasteiger partial charge >= 0.3 is 5.97 Å². The highest BCUT2D eigenvalue weighted by Crippen LogP contribution is 2.00. The van der Waals surface area contributed by atoms with Crippen LogP contribution in [-0.4, -0.2) is 51.3 Å². The summed E-state index contributed by atoms with van der Waals surface area (Å²) in [5.41, 5.74) is 0. The minimum absolute atomic E-state index is 0.0114. The van der Waals surface area contributed by atoms with Gasteiger partial charge in [0.2, 0.25) is 5.91 Å². The second-order valence-electron chi connectivity index (χ2n) is 4.26. The SMILES string of the molecule is COC(=O)CCCCCNC(=O)C1COCCN1. The van der Waals surface area contributed by atoms with E-state index >= 15 is 0 Å². The number of hydrogen-bond donors (Lipinski definition) is 2. The van der Waals surface area contributed by atoms with Crippen molar-refractivity contribution in [1.29, 1.82) is 0 Å². The summed E-state index contributed by atoms with van der Waals surface area (Å²) >= 11 is 0. The van der Waals surface area contributed by atoms with Gasteiger partial charge < -0.3 is 20.1 Å². The Bertz CT molecular complexity index is 265. The van der Waals surface area contributed by atoms with E-state index in [1.54, 1.807) is 0 Å². The van der Waals surface area contributed by atoms with Gasteiger partial charge in [-0.2, -0.15) is 0 Å². The Morgan fingerprint density at radius 1 is 1.39 bits per heavy atom. The fraction of sp³-hybridized carbons (Fsp3) is 0.833. The maximum Gasteiger partial charge on any atom is 0.305 e. The molecule has 0 radical (unpaired) electrons. The van der Waals surface area contributed by atoms with E-state index < -0.39 is 0 Å². The molecule has 104 valence electrons. The predicted molar refractivity (Wildman–Crippen MR) is 66.1 cm³/mol. The smallest absolute Gasteiger partial charge is 0.305 e. The summed E-state index contributed by atoms with van der Waals surface area (Å²) in [6.45, 7) is 2.46. The van der Waals surface area contributed by atoms with Crippen molar-refractivity contribution < 1.29 is 19.1 Å². The van der Waals surface area contributed by atoms with Crippen molar-refractivity contribution in [3.05, 3.63) is 0 Å². The number of nitrogens with one attached hydrogen (secondary N) is 2. The van der Waals surface area contributed by atoms with Crippen LogP contribution in [0.4, 0.5) is 0 Å². The zero-order valence-electron chi connectivity index (χ0n) is 10.9. The van der Waals surface area contributed by atoms with E-state index in [1.165, 1.54) is 7.11 Å². The topological polar surface area (TPSA) is 76.7 Å². The Morgan fingerprint density at radius 2 is 2.22 bits per heavy atom. The molecule has 18 heavy (non-hydrogen) atoms. The fourth-order valence-corrected chi connectivity index (χ4v) is 1.74. The van der Waals surface area contributed by atoms with Crippen molar-refractivity contribution in [1.82, 2.24) is 10.6 Å². The number of esters is 1. The lowest BCUT2D eigenvalue weighted by molar-refractivity contribution is -0.140. The molecule has 1 aliphatic heterocycles. The van der Waals surface area contributed by atoms with Gasteiger partial charge in [0, 0.05) is 19.5 Å². The van der Waals surface area contributed by atoms with E-state index in [9.17, 15) is 9.59 Å². The van der Waals surface area contributed by atoms with Crippen LogP contribution in [0, 0.1) is 0 Å². The average Bonchev–Trinajstić information content (AvgIpc) is 2.43. The van der Waals surface area contributed by atoms with Crippen molar-refractivity contribution in [2.45, 2.75) is 31.7 Å². The van der Waals surface area contributed by atoms with Crippen molar-refractivity contribution in [2.75, 3.05) is 33.4 Å². The maximum atomic E-state index is 11.7. The number of morpholine rings is 1. The van der Waals surface area contributed by atoms with Gasteiger partial charge in [-0.25, -0.2) is 0 Å². The number of unbranched alkanes of at least 4 members (excludes halogenated alkanes) is 2. The Hall–Kier alpha value is -1.14. The van der Waals surface area contributed by atoms with Crippen molar-refractivity contribution in [3.8, 4) is 0 Å². The maximum absolute atomic E-state index is 11.7. The Kier molecular flexibility index (Phi) is 7.36. The number of amides is 1. The van der Waals surface area contributed by atoms with Crippen LogP contribution in [0.5, 0.6) is 0 Å². The van der Waals surface area contributed by atoms with Gasteiger partial charge in [0.25, 0.3) is 0 Å². The first-order chi connectivity index (χ1) is 8.74. The average molecular weight is 258 g/mol. The van der Waals surface area contributed by atoms with Crippen LogP contribution in [0.2, 0.25) is 0 Å². The van der Waals surface area contributed by atoms with Crippen LogP contribution < -0.4 is 10.6 Å². The van der Waals surface area contributed by atoms with Crippen LogP contribution in [0.15, 0.2) is 0 Å². The predicted octanol–water partition coefficient (Wildman–Crippen LogP) is -0.176. The van der Waals surface area contributed by atoms with E-state index in [1.807, 2.05) is 0 Å². The molecular weight excluding hydrogens is 236 g/mol. The zero-order valence-corrected chi connectivity index (χ0v) is 10.9. The summed E-state index contributed by atoms with van der Waals surface area (Å²) < 4.78 is 9.76. The summed E-state index contributed by atoms with van der Waals surface area (Å²) in [7, 11) is 1.39. The third kappa shape index (κ3) is 5.97. The van der Waals surface area contributed by atoms with Gasteiger partial charge in [-0.3, -0.25) is 9.59 Å². The van der Waals surface area contributed by atoms with Gasteiger partial charge in [-0.15, -0.1) is 0 Å². The fourth-order valence-electron chi connectivity index (χ4n) is 1.74. The Labute approximate surface area is 107 Å². The number of methoxy groups -OCH3 is 1. The highest BCUT2D eigenvalue weighted by atomic mass is 16.5. The molecule has 1 unspecified atom stereocenters. The normalized spacial score (nSPS) is 19.3. The molecule has 6 nitrogen and oxygen atoms in total. The molecule has 0 saturated carbocycles. The first-order valence-corrected chi connectivity index (χ1v) is 6.39. The Morgan fingerprint density at radius 3 is 2.89 bits per heavy atom. The molecule has 1 rings (SSSR count). The number of rotatable bonds is 7. The molecule has 1 aliphatic rings. The lowest BCUT2D eigenvalue weighted by Crippen LogP contribution is -2.51. The molecule has 1 atom stereocenters. The summed E-state index contributed by atoms with van der Waals surface area (Å²) in [5.74, 6) is -0.190. The standard InChI is InChI=1S/C12H22N2O4/c1-17-11(15)5-3-2-4-6-14-12(16)10-9-18-8-7-13-10/h10,13H,2-9H2,1H3,(H,14,16). The molecule has 1 fully saturated rings. The first-order valence-electron chi connectivity index (χ1n) is 6.39. The monoisotopic (exact) mass is 258 g/mol. The van der Waals surface area contributed by atoms with Crippen LogP contribution in [-0.2, 0) is 19.1 Å². The number of hydrogen-bond acceptors (Lipinski definition) is 5. The third-order valence-electron chi connectivity index (χ3n) is 2.82. The van der Waals surface area contributed by atoms with E-state index in [2.05, 4.69) is 15.4 Å². The van der Waals surface area contributed by atoms with Gasteiger partial charge in [0.05, 0.1) is 20.3 Å². The minimum Gasteiger partial charge on any atom is -0.469 e. The number of carbonyl (C=O) groups is 2. The zero-order chi connectivity index (χ0) is 13.2. The second-order valence-corrected chi connectivity index (χ2v) is 4.26. The van der Waals surface area contributed by atoms with Gasteiger partial charge in [0.1, 0.15) is 6.04 Å². The van der Waals surface area contributed by atoms with Crippen LogP contribution >= 0.6 is 0 Å². The molecule has 1 amide bonds. The minimum atomic E-state index is -0.228. The lowest BCUT2D eigenvalue weighted by Gasteiger charge is -2.22. The molecule has 0 aliphatic carbocycles. The van der Waals surface area contributed by atoms with Gasteiger partial charge in [0.15, 0.2) is 0 Å². The van der Waals surface area contributed by atoms with E-state index in [0.717, 1.165) is 25.8 Å². The number of ether oxygens (including phenoxy) is 2. The molecule has 2 N–H and O–H groups in total. The van der Waals surface area contributed by atoms with Gasteiger partial charge in [-0.1, -0.05) is 6.42 Å². The second kappa shape index (κ2) is 8.88. The number of carbonyl (C=O) groups excluding carboxylic acids is 2. The molecule has 1 heterocycles.